The van der Waals surface area contributed by atoms with Gasteiger partial charge in [-0.05, 0) is 12.8 Å². The fourth-order valence-corrected chi connectivity index (χ4v) is 2.32. The topological polar surface area (TPSA) is 74.8 Å². The number of hydrogen-bond acceptors (Lipinski definition) is 4. The van der Waals surface area contributed by atoms with Gasteiger partial charge in [-0.15, -0.1) is 0 Å². The lowest BCUT2D eigenvalue weighted by molar-refractivity contribution is -0.143. The molecule has 0 heterocycles. The second-order valence-electron chi connectivity index (χ2n) is 5.50. The molecule has 0 rings (SSSR count). The van der Waals surface area contributed by atoms with Gasteiger partial charge in [-0.3, -0.25) is 29.0 Å². The van der Waals surface area contributed by atoms with Gasteiger partial charge in [0.25, 0.3) is 0 Å². The molecule has 0 radical (unpaired) electrons. The summed E-state index contributed by atoms with van der Waals surface area (Å²) in [4.78, 5) is 47.4. The van der Waals surface area contributed by atoms with Crippen LogP contribution in [0.15, 0.2) is 0 Å². The first-order chi connectivity index (χ1) is 10.3. The van der Waals surface area contributed by atoms with Crippen molar-refractivity contribution in [3.05, 3.63) is 0 Å². The molecular formula is C16H28N2O4. The van der Waals surface area contributed by atoms with Gasteiger partial charge in [0.05, 0.1) is 0 Å². The normalized spacial score (nSPS) is 10.2. The summed E-state index contributed by atoms with van der Waals surface area (Å²) in [6, 6.07) is 0. The molecule has 0 aliphatic heterocycles. The Hall–Kier alpha value is -1.72. The Morgan fingerprint density at radius 2 is 0.727 bits per heavy atom. The molecule has 126 valence electrons. The molecule has 6 nitrogen and oxygen atoms in total. The summed E-state index contributed by atoms with van der Waals surface area (Å²) < 4.78 is 0. The number of nitrogens with zero attached hydrogens (tertiary/aromatic N) is 2. The zero-order valence-corrected chi connectivity index (χ0v) is 14.2. The lowest BCUT2D eigenvalue weighted by atomic mass is 10.1. The van der Waals surface area contributed by atoms with Crippen LogP contribution in [0.25, 0.3) is 0 Å². The molecule has 0 saturated carbocycles. The van der Waals surface area contributed by atoms with Gasteiger partial charge in [-0.25, -0.2) is 0 Å². The number of carbonyl (C=O) groups is 4. The van der Waals surface area contributed by atoms with Crippen molar-refractivity contribution in [2.75, 3.05) is 13.1 Å². The highest BCUT2D eigenvalue weighted by molar-refractivity contribution is 5.93. The highest BCUT2D eigenvalue weighted by Gasteiger charge is 2.13. The minimum Gasteiger partial charge on any atom is -0.283 e. The maximum atomic E-state index is 11.2. The van der Waals surface area contributed by atoms with Crippen molar-refractivity contribution in [1.29, 1.82) is 0 Å². The first-order valence-corrected chi connectivity index (χ1v) is 7.84. The minimum atomic E-state index is -0.207. The summed E-state index contributed by atoms with van der Waals surface area (Å²) in [6.07, 6.45) is 5.58. The zero-order chi connectivity index (χ0) is 17.1. The molecule has 0 aliphatic rings. The zero-order valence-electron chi connectivity index (χ0n) is 14.2. The number of amides is 4. The van der Waals surface area contributed by atoms with E-state index in [9.17, 15) is 19.2 Å². The Balaban J connectivity index is 3.70. The predicted molar refractivity (Wildman–Crippen MR) is 83.8 cm³/mol. The van der Waals surface area contributed by atoms with Crippen LogP contribution in [-0.4, -0.2) is 46.5 Å². The van der Waals surface area contributed by atoms with Crippen LogP contribution >= 0.6 is 0 Å². The van der Waals surface area contributed by atoms with E-state index in [2.05, 4.69) is 0 Å². The van der Waals surface area contributed by atoms with Crippen LogP contribution in [0, 0.1) is 0 Å². The van der Waals surface area contributed by atoms with E-state index in [1.807, 2.05) is 0 Å². The van der Waals surface area contributed by atoms with E-state index in [4.69, 9.17) is 0 Å². The molecule has 0 bridgehead atoms. The molecule has 0 aromatic rings. The smallest absolute Gasteiger partial charge is 0.226 e. The van der Waals surface area contributed by atoms with E-state index < -0.39 is 0 Å². The lowest BCUT2D eigenvalue weighted by Crippen LogP contribution is -2.34. The Labute approximate surface area is 132 Å². The minimum absolute atomic E-state index is 0.207. The van der Waals surface area contributed by atoms with E-state index in [0.29, 0.717) is 13.1 Å². The molecule has 0 fully saturated rings. The number of unbranched alkanes of at least 4 members (excludes halogenated alkanes) is 5. The van der Waals surface area contributed by atoms with Crippen molar-refractivity contribution >= 4 is 23.6 Å². The summed E-state index contributed by atoms with van der Waals surface area (Å²) in [7, 11) is 0. The van der Waals surface area contributed by atoms with Crippen LogP contribution < -0.4 is 0 Å². The first kappa shape index (κ1) is 20.3. The van der Waals surface area contributed by atoms with E-state index in [1.54, 1.807) is 0 Å². The third kappa shape index (κ3) is 8.54. The molecule has 0 aliphatic carbocycles. The maximum absolute atomic E-state index is 11.2. The third-order valence-corrected chi connectivity index (χ3v) is 3.53. The lowest BCUT2D eigenvalue weighted by Gasteiger charge is -2.17. The van der Waals surface area contributed by atoms with E-state index in [0.717, 1.165) is 38.5 Å². The highest BCUT2D eigenvalue weighted by atomic mass is 16.2. The van der Waals surface area contributed by atoms with Crippen LogP contribution in [-0.2, 0) is 19.2 Å². The van der Waals surface area contributed by atoms with Gasteiger partial charge in [0, 0.05) is 40.8 Å². The molecule has 0 unspecified atom stereocenters. The van der Waals surface area contributed by atoms with Crippen molar-refractivity contribution in [1.82, 2.24) is 9.80 Å². The Morgan fingerprint density at radius 3 is 0.955 bits per heavy atom. The summed E-state index contributed by atoms with van der Waals surface area (Å²) in [5, 5.41) is 0. The van der Waals surface area contributed by atoms with Crippen molar-refractivity contribution < 1.29 is 19.2 Å². The largest absolute Gasteiger partial charge is 0.283 e. The van der Waals surface area contributed by atoms with Gasteiger partial charge in [-0.1, -0.05) is 25.7 Å². The molecule has 6 heteroatoms. The third-order valence-electron chi connectivity index (χ3n) is 3.53. The number of imide groups is 2. The maximum Gasteiger partial charge on any atom is 0.226 e. The highest BCUT2D eigenvalue weighted by Crippen LogP contribution is 2.08. The van der Waals surface area contributed by atoms with Gasteiger partial charge in [-0.2, -0.15) is 0 Å². The van der Waals surface area contributed by atoms with Crippen molar-refractivity contribution in [2.24, 2.45) is 0 Å². The fourth-order valence-electron chi connectivity index (χ4n) is 2.32. The Kier molecular flexibility index (Phi) is 10.1. The predicted octanol–water partition coefficient (Wildman–Crippen LogP) is 2.12. The molecule has 0 saturated heterocycles. The molecule has 0 spiro atoms. The standard InChI is InChI=1S/C16H28N2O4/c1-13(19)17(14(2)20)11-9-7-5-6-8-10-12-18(15(3)21)16(4)22/h5-12H2,1-4H3. The van der Waals surface area contributed by atoms with E-state index in [1.165, 1.54) is 37.5 Å². The van der Waals surface area contributed by atoms with Gasteiger partial charge in [0.15, 0.2) is 0 Å². The second kappa shape index (κ2) is 10.9. The quantitative estimate of drug-likeness (QED) is 0.611. The van der Waals surface area contributed by atoms with E-state index in [-0.39, 0.29) is 23.6 Å². The summed E-state index contributed by atoms with van der Waals surface area (Å²) >= 11 is 0. The molecule has 0 aromatic carbocycles. The monoisotopic (exact) mass is 312 g/mol. The average Bonchev–Trinajstić information content (AvgIpc) is 2.38. The molecule has 0 atom stereocenters. The van der Waals surface area contributed by atoms with Gasteiger partial charge in [0.2, 0.25) is 23.6 Å². The van der Waals surface area contributed by atoms with Crippen LogP contribution in [0.1, 0.15) is 66.2 Å². The Bertz CT molecular complexity index is 341. The molecule has 4 amide bonds. The summed E-state index contributed by atoms with van der Waals surface area (Å²) in [5.41, 5.74) is 0. The van der Waals surface area contributed by atoms with Crippen LogP contribution in [0.3, 0.4) is 0 Å². The van der Waals surface area contributed by atoms with Crippen LogP contribution in [0.2, 0.25) is 0 Å². The van der Waals surface area contributed by atoms with Gasteiger partial charge < -0.3 is 0 Å². The summed E-state index contributed by atoms with van der Waals surface area (Å²) in [6.45, 7) is 6.56. The van der Waals surface area contributed by atoms with Crippen LogP contribution in [0.5, 0.6) is 0 Å². The number of rotatable bonds is 9. The molecule has 0 N–H and O–H groups in total. The first-order valence-electron chi connectivity index (χ1n) is 7.84. The van der Waals surface area contributed by atoms with Crippen molar-refractivity contribution in [3.63, 3.8) is 0 Å². The SMILES string of the molecule is CC(=O)N(CCCCCCCCN(C(C)=O)C(C)=O)C(C)=O. The number of hydrogen-bond donors (Lipinski definition) is 0. The van der Waals surface area contributed by atoms with Gasteiger partial charge >= 0.3 is 0 Å². The Morgan fingerprint density at radius 1 is 0.500 bits per heavy atom. The van der Waals surface area contributed by atoms with Gasteiger partial charge in [0.1, 0.15) is 0 Å². The van der Waals surface area contributed by atoms with Crippen molar-refractivity contribution in [3.8, 4) is 0 Å². The molecular weight excluding hydrogens is 284 g/mol. The molecule has 0 aromatic heterocycles. The fraction of sp³-hybridized carbons (Fsp3) is 0.750. The number of carbonyl (C=O) groups excluding carboxylic acids is 4. The van der Waals surface area contributed by atoms with Crippen LogP contribution in [0.4, 0.5) is 0 Å². The van der Waals surface area contributed by atoms with E-state index >= 15 is 0 Å². The summed E-state index contributed by atoms with van der Waals surface area (Å²) in [5.74, 6) is -0.829. The second-order valence-corrected chi connectivity index (χ2v) is 5.50. The molecule has 22 heavy (non-hydrogen) atoms. The van der Waals surface area contributed by atoms with Crippen molar-refractivity contribution in [2.45, 2.75) is 66.2 Å². The average molecular weight is 312 g/mol.